The zero-order valence-electron chi connectivity index (χ0n) is 14.8. The van der Waals surface area contributed by atoms with Gasteiger partial charge in [-0.2, -0.15) is 4.31 Å². The summed E-state index contributed by atoms with van der Waals surface area (Å²) in [5.41, 5.74) is 0.904. The largest absolute Gasteiger partial charge is 0.454 e. The second-order valence-corrected chi connectivity index (χ2v) is 8.08. The van der Waals surface area contributed by atoms with Crippen molar-refractivity contribution in [2.75, 3.05) is 26.3 Å². The number of halogens is 1. The van der Waals surface area contributed by atoms with Gasteiger partial charge in [0.1, 0.15) is 11.9 Å². The van der Waals surface area contributed by atoms with Crippen molar-refractivity contribution in [3.8, 4) is 0 Å². The minimum atomic E-state index is -3.61. The van der Waals surface area contributed by atoms with Gasteiger partial charge in [0, 0.05) is 13.1 Å². The van der Waals surface area contributed by atoms with Gasteiger partial charge in [-0.3, -0.25) is 0 Å². The van der Waals surface area contributed by atoms with E-state index in [-0.39, 0.29) is 16.3 Å². The SMILES string of the molecule is C[C@H](OC(=O)c1ccc(S(=O)(=O)N2CCOCC2)cc1)c1ccc(F)cc1. The van der Waals surface area contributed by atoms with Gasteiger partial charge in [0.15, 0.2) is 0 Å². The lowest BCUT2D eigenvalue weighted by atomic mass is 10.1. The first-order valence-corrected chi connectivity index (χ1v) is 9.96. The van der Waals surface area contributed by atoms with E-state index in [0.29, 0.717) is 31.9 Å². The molecule has 0 spiro atoms. The van der Waals surface area contributed by atoms with Crippen LogP contribution < -0.4 is 0 Å². The maximum Gasteiger partial charge on any atom is 0.338 e. The topological polar surface area (TPSA) is 72.9 Å². The molecule has 8 heteroatoms. The second-order valence-electron chi connectivity index (χ2n) is 6.14. The molecule has 1 fully saturated rings. The number of rotatable bonds is 5. The van der Waals surface area contributed by atoms with Gasteiger partial charge in [-0.25, -0.2) is 17.6 Å². The molecule has 0 saturated carbocycles. The zero-order chi connectivity index (χ0) is 19.4. The maximum atomic E-state index is 13.0. The van der Waals surface area contributed by atoms with E-state index in [1.54, 1.807) is 19.1 Å². The van der Waals surface area contributed by atoms with E-state index in [2.05, 4.69) is 0 Å². The summed E-state index contributed by atoms with van der Waals surface area (Å²) in [6.45, 7) is 3.03. The maximum absolute atomic E-state index is 13.0. The first-order valence-electron chi connectivity index (χ1n) is 8.52. The summed E-state index contributed by atoms with van der Waals surface area (Å²) in [6, 6.07) is 11.3. The molecular formula is C19H20FNO5S. The van der Waals surface area contributed by atoms with Crippen LogP contribution in [0.25, 0.3) is 0 Å². The summed E-state index contributed by atoms with van der Waals surface area (Å²) < 4.78 is 50.0. The molecule has 0 N–H and O–H groups in total. The van der Waals surface area contributed by atoms with Crippen LogP contribution in [0.5, 0.6) is 0 Å². The van der Waals surface area contributed by atoms with Gasteiger partial charge < -0.3 is 9.47 Å². The Morgan fingerprint density at radius 2 is 1.67 bits per heavy atom. The van der Waals surface area contributed by atoms with E-state index in [1.165, 1.54) is 40.7 Å². The summed E-state index contributed by atoms with van der Waals surface area (Å²) in [5.74, 6) is -0.948. The summed E-state index contributed by atoms with van der Waals surface area (Å²) in [7, 11) is -3.61. The van der Waals surface area contributed by atoms with Gasteiger partial charge in [0.2, 0.25) is 10.0 Å². The van der Waals surface area contributed by atoms with E-state index in [1.807, 2.05) is 0 Å². The molecule has 0 aliphatic carbocycles. The van der Waals surface area contributed by atoms with E-state index in [9.17, 15) is 17.6 Å². The molecule has 1 atom stereocenters. The molecule has 3 rings (SSSR count). The van der Waals surface area contributed by atoms with Gasteiger partial charge in [0.05, 0.1) is 23.7 Å². The summed E-state index contributed by atoms with van der Waals surface area (Å²) in [4.78, 5) is 12.4. The average molecular weight is 393 g/mol. The number of nitrogens with zero attached hydrogens (tertiary/aromatic N) is 1. The fourth-order valence-corrected chi connectivity index (χ4v) is 4.14. The van der Waals surface area contributed by atoms with Crippen molar-refractivity contribution in [3.63, 3.8) is 0 Å². The third-order valence-electron chi connectivity index (χ3n) is 4.32. The molecule has 0 amide bonds. The van der Waals surface area contributed by atoms with Crippen molar-refractivity contribution in [1.29, 1.82) is 0 Å². The van der Waals surface area contributed by atoms with Crippen molar-refractivity contribution in [2.24, 2.45) is 0 Å². The highest BCUT2D eigenvalue weighted by molar-refractivity contribution is 7.89. The van der Waals surface area contributed by atoms with E-state index in [4.69, 9.17) is 9.47 Å². The summed E-state index contributed by atoms with van der Waals surface area (Å²) in [6.07, 6.45) is -0.560. The molecule has 0 aromatic heterocycles. The molecule has 2 aromatic rings. The summed E-state index contributed by atoms with van der Waals surface area (Å²) >= 11 is 0. The van der Waals surface area contributed by atoms with Gasteiger partial charge in [-0.1, -0.05) is 12.1 Å². The molecule has 144 valence electrons. The Labute approximate surface area is 157 Å². The van der Waals surface area contributed by atoms with Crippen LogP contribution >= 0.6 is 0 Å². The number of ether oxygens (including phenoxy) is 2. The number of carbonyl (C=O) groups excluding carboxylic acids is 1. The smallest absolute Gasteiger partial charge is 0.338 e. The van der Waals surface area contributed by atoms with Gasteiger partial charge in [-0.05, 0) is 48.9 Å². The minimum absolute atomic E-state index is 0.118. The highest BCUT2D eigenvalue weighted by Gasteiger charge is 2.26. The predicted molar refractivity (Wildman–Crippen MR) is 96.3 cm³/mol. The van der Waals surface area contributed by atoms with E-state index < -0.39 is 22.1 Å². The van der Waals surface area contributed by atoms with Crippen LogP contribution in [0.1, 0.15) is 28.9 Å². The molecule has 1 saturated heterocycles. The van der Waals surface area contributed by atoms with Crippen molar-refractivity contribution < 1.29 is 27.1 Å². The number of hydrogen-bond acceptors (Lipinski definition) is 5. The van der Waals surface area contributed by atoms with Gasteiger partial charge in [-0.15, -0.1) is 0 Å². The van der Waals surface area contributed by atoms with Crippen LogP contribution in [0.2, 0.25) is 0 Å². The predicted octanol–water partition coefficient (Wildman–Crippen LogP) is 2.76. The molecule has 0 radical (unpaired) electrons. The first-order chi connectivity index (χ1) is 12.9. The lowest BCUT2D eigenvalue weighted by molar-refractivity contribution is 0.0337. The molecule has 0 bridgehead atoms. The third kappa shape index (κ3) is 4.52. The molecule has 1 heterocycles. The Balaban J connectivity index is 1.69. The number of hydrogen-bond donors (Lipinski definition) is 0. The number of benzene rings is 2. The van der Waals surface area contributed by atoms with Crippen LogP contribution in [0.3, 0.4) is 0 Å². The van der Waals surface area contributed by atoms with Crippen molar-refractivity contribution in [2.45, 2.75) is 17.9 Å². The third-order valence-corrected chi connectivity index (χ3v) is 6.23. The van der Waals surface area contributed by atoms with Crippen molar-refractivity contribution in [3.05, 3.63) is 65.5 Å². The highest BCUT2D eigenvalue weighted by atomic mass is 32.2. The fourth-order valence-electron chi connectivity index (χ4n) is 2.73. The van der Waals surface area contributed by atoms with Crippen LogP contribution in [0, 0.1) is 5.82 Å². The van der Waals surface area contributed by atoms with Crippen molar-refractivity contribution >= 4 is 16.0 Å². The number of sulfonamides is 1. The van der Waals surface area contributed by atoms with E-state index in [0.717, 1.165) is 0 Å². The molecule has 1 aliphatic heterocycles. The lowest BCUT2D eigenvalue weighted by Gasteiger charge is -2.26. The quantitative estimate of drug-likeness (QED) is 0.731. The van der Waals surface area contributed by atoms with Crippen molar-refractivity contribution in [1.82, 2.24) is 4.31 Å². The van der Waals surface area contributed by atoms with Crippen LogP contribution in [-0.4, -0.2) is 45.0 Å². The zero-order valence-corrected chi connectivity index (χ0v) is 15.6. The standard InChI is InChI=1S/C19H20FNO5S/c1-14(15-2-6-17(20)7-3-15)26-19(22)16-4-8-18(9-5-16)27(23,24)21-10-12-25-13-11-21/h2-9,14H,10-13H2,1H3/t14-/m0/s1. The normalized spacial score (nSPS) is 16.7. The molecule has 27 heavy (non-hydrogen) atoms. The molecule has 1 aliphatic rings. The Morgan fingerprint density at radius 3 is 2.26 bits per heavy atom. The van der Waals surface area contributed by atoms with Crippen LogP contribution in [-0.2, 0) is 19.5 Å². The average Bonchev–Trinajstić information content (AvgIpc) is 2.69. The first kappa shape index (κ1) is 19.5. The molecular weight excluding hydrogens is 373 g/mol. The highest BCUT2D eigenvalue weighted by Crippen LogP contribution is 2.21. The van der Waals surface area contributed by atoms with Gasteiger partial charge in [0.25, 0.3) is 0 Å². The molecule has 0 unspecified atom stereocenters. The van der Waals surface area contributed by atoms with Crippen LogP contribution in [0.4, 0.5) is 4.39 Å². The Bertz CT molecular complexity index is 891. The molecule has 6 nitrogen and oxygen atoms in total. The number of morpholine rings is 1. The lowest BCUT2D eigenvalue weighted by Crippen LogP contribution is -2.40. The van der Waals surface area contributed by atoms with Gasteiger partial charge >= 0.3 is 5.97 Å². The Morgan fingerprint density at radius 1 is 1.07 bits per heavy atom. The van der Waals surface area contributed by atoms with Crippen LogP contribution in [0.15, 0.2) is 53.4 Å². The Hall–Kier alpha value is -2.29. The summed E-state index contributed by atoms with van der Waals surface area (Å²) in [5, 5.41) is 0. The van der Waals surface area contributed by atoms with E-state index >= 15 is 0 Å². The second kappa shape index (κ2) is 8.16. The number of carbonyl (C=O) groups is 1. The Kier molecular flexibility index (Phi) is 5.88. The molecule has 2 aromatic carbocycles. The monoisotopic (exact) mass is 393 g/mol. The minimum Gasteiger partial charge on any atom is -0.454 e. The number of esters is 1. The fraction of sp³-hybridized carbons (Fsp3) is 0.316.